The van der Waals surface area contributed by atoms with Crippen molar-refractivity contribution in [1.29, 1.82) is 0 Å². The molecule has 1 aromatic heterocycles. The lowest BCUT2D eigenvalue weighted by molar-refractivity contribution is 0.184. The van der Waals surface area contributed by atoms with E-state index in [-0.39, 0.29) is 5.75 Å². The predicted molar refractivity (Wildman–Crippen MR) is 56.0 cm³/mol. The van der Waals surface area contributed by atoms with Gasteiger partial charge in [0.25, 0.3) is 0 Å². The van der Waals surface area contributed by atoms with Crippen LogP contribution in [-0.2, 0) is 0 Å². The fraction of sp³-hybridized carbons (Fsp3) is 0.182. The van der Waals surface area contributed by atoms with Gasteiger partial charge in [-0.2, -0.15) is 4.73 Å². The Balaban J connectivity index is 2.65. The Morgan fingerprint density at radius 3 is 2.40 bits per heavy atom. The van der Waals surface area contributed by atoms with Crippen LogP contribution < -0.4 is 0 Å². The zero-order valence-electron chi connectivity index (χ0n) is 8.60. The van der Waals surface area contributed by atoms with Crippen molar-refractivity contribution in [3.05, 3.63) is 35.7 Å². The van der Waals surface area contributed by atoms with Crippen molar-refractivity contribution in [3.8, 4) is 17.1 Å². The van der Waals surface area contributed by atoms with Crippen molar-refractivity contribution < 1.29 is 10.3 Å². The maximum absolute atomic E-state index is 9.74. The van der Waals surface area contributed by atoms with E-state index < -0.39 is 0 Å². The second-order valence-corrected chi connectivity index (χ2v) is 3.44. The van der Waals surface area contributed by atoms with Crippen molar-refractivity contribution >= 4 is 0 Å². The molecule has 2 N–H and O–H groups in total. The van der Waals surface area contributed by atoms with E-state index in [4.69, 9.17) is 0 Å². The highest BCUT2D eigenvalue weighted by atomic mass is 16.5. The molecule has 0 spiro atoms. The zero-order valence-corrected chi connectivity index (χ0v) is 8.60. The molecule has 0 aliphatic rings. The predicted octanol–water partition coefficient (Wildman–Crippen LogP) is 2.11. The summed E-state index contributed by atoms with van der Waals surface area (Å²) in [5.74, 6) is 0.473. The van der Waals surface area contributed by atoms with Gasteiger partial charge >= 0.3 is 0 Å². The first kappa shape index (κ1) is 9.58. The molecular weight excluding hydrogens is 192 g/mol. The van der Waals surface area contributed by atoms with Crippen molar-refractivity contribution in [3.63, 3.8) is 0 Å². The van der Waals surface area contributed by atoms with Crippen LogP contribution in [0.4, 0.5) is 0 Å². The van der Waals surface area contributed by atoms with Crippen LogP contribution in [0, 0.1) is 13.8 Å². The van der Waals surface area contributed by atoms with Gasteiger partial charge in [-0.1, -0.05) is 12.1 Å². The Kier molecular flexibility index (Phi) is 2.11. The fourth-order valence-corrected chi connectivity index (χ4v) is 1.44. The minimum atomic E-state index is 0.109. The van der Waals surface area contributed by atoms with Gasteiger partial charge in [0.1, 0.15) is 5.75 Å². The lowest BCUT2D eigenvalue weighted by Gasteiger charge is -2.03. The van der Waals surface area contributed by atoms with E-state index in [1.165, 1.54) is 0 Å². The van der Waals surface area contributed by atoms with Gasteiger partial charge in [0.15, 0.2) is 5.82 Å². The summed E-state index contributed by atoms with van der Waals surface area (Å²) in [5, 5.41) is 19.4. The highest BCUT2D eigenvalue weighted by Crippen LogP contribution is 2.28. The molecule has 4 nitrogen and oxygen atoms in total. The van der Waals surface area contributed by atoms with E-state index in [2.05, 4.69) is 4.98 Å². The molecule has 78 valence electrons. The fourth-order valence-electron chi connectivity index (χ4n) is 1.44. The van der Waals surface area contributed by atoms with Crippen LogP contribution in [0.15, 0.2) is 24.3 Å². The SMILES string of the molecule is Cc1nc(-c2ccccc2O)n(O)c1C. The number of hydrogen-bond acceptors (Lipinski definition) is 3. The molecule has 1 aromatic carbocycles. The summed E-state index contributed by atoms with van der Waals surface area (Å²) in [7, 11) is 0. The first-order valence-electron chi connectivity index (χ1n) is 4.65. The summed E-state index contributed by atoms with van der Waals surface area (Å²) in [4.78, 5) is 4.19. The average molecular weight is 204 g/mol. The number of aromatic hydroxyl groups is 1. The molecule has 0 radical (unpaired) electrons. The molecule has 0 aliphatic carbocycles. The number of aryl methyl sites for hydroxylation is 1. The smallest absolute Gasteiger partial charge is 0.179 e. The van der Waals surface area contributed by atoms with E-state index in [1.54, 1.807) is 31.2 Å². The molecular formula is C11H12N2O2. The summed E-state index contributed by atoms with van der Waals surface area (Å²) >= 11 is 0. The van der Waals surface area contributed by atoms with Crippen molar-refractivity contribution in [2.45, 2.75) is 13.8 Å². The van der Waals surface area contributed by atoms with Crippen LogP contribution in [0.2, 0.25) is 0 Å². The van der Waals surface area contributed by atoms with Gasteiger partial charge < -0.3 is 10.3 Å². The molecule has 2 aromatic rings. The Hall–Kier alpha value is -1.97. The molecule has 0 aliphatic heterocycles. The number of phenolic OH excluding ortho intramolecular Hbond substituents is 1. The highest BCUT2D eigenvalue weighted by molar-refractivity contribution is 5.64. The van der Waals surface area contributed by atoms with Crippen LogP contribution in [0.1, 0.15) is 11.4 Å². The summed E-state index contributed by atoms with van der Waals surface area (Å²) in [5.41, 5.74) is 1.94. The summed E-state index contributed by atoms with van der Waals surface area (Å²) in [6.45, 7) is 3.58. The number of nitrogens with zero attached hydrogens (tertiary/aromatic N) is 2. The number of rotatable bonds is 1. The average Bonchev–Trinajstić information content (AvgIpc) is 2.47. The molecule has 0 unspecified atom stereocenters. The van der Waals surface area contributed by atoms with Crippen LogP contribution in [0.3, 0.4) is 0 Å². The van der Waals surface area contributed by atoms with Gasteiger partial charge in [-0.3, -0.25) is 0 Å². The van der Waals surface area contributed by atoms with E-state index >= 15 is 0 Å². The molecule has 4 heteroatoms. The minimum absolute atomic E-state index is 0.109. The third-order valence-electron chi connectivity index (χ3n) is 2.46. The molecule has 0 amide bonds. The first-order valence-corrected chi connectivity index (χ1v) is 4.65. The van der Waals surface area contributed by atoms with Crippen LogP contribution in [0.25, 0.3) is 11.4 Å². The van der Waals surface area contributed by atoms with Crippen molar-refractivity contribution in [2.75, 3.05) is 0 Å². The zero-order chi connectivity index (χ0) is 11.0. The quantitative estimate of drug-likeness (QED) is 0.699. The Bertz CT molecular complexity index is 503. The summed E-state index contributed by atoms with van der Waals surface area (Å²) in [6, 6.07) is 6.79. The number of imidazole rings is 1. The lowest BCUT2D eigenvalue weighted by Crippen LogP contribution is -1.96. The monoisotopic (exact) mass is 204 g/mol. The maximum atomic E-state index is 9.74. The van der Waals surface area contributed by atoms with Gasteiger partial charge in [-0.25, -0.2) is 4.98 Å². The van der Waals surface area contributed by atoms with Gasteiger partial charge in [0, 0.05) is 0 Å². The van der Waals surface area contributed by atoms with E-state index in [0.29, 0.717) is 17.1 Å². The molecule has 0 fully saturated rings. The van der Waals surface area contributed by atoms with Crippen molar-refractivity contribution in [1.82, 2.24) is 9.71 Å². The summed E-state index contributed by atoms with van der Waals surface area (Å²) in [6.07, 6.45) is 0. The highest BCUT2D eigenvalue weighted by Gasteiger charge is 2.14. The second kappa shape index (κ2) is 3.31. The molecule has 0 saturated heterocycles. The lowest BCUT2D eigenvalue weighted by atomic mass is 10.2. The Morgan fingerprint density at radius 2 is 1.87 bits per heavy atom. The van der Waals surface area contributed by atoms with Gasteiger partial charge in [-0.15, -0.1) is 0 Å². The van der Waals surface area contributed by atoms with Gasteiger partial charge in [0.2, 0.25) is 0 Å². The van der Waals surface area contributed by atoms with Crippen molar-refractivity contribution in [2.24, 2.45) is 0 Å². The third kappa shape index (κ3) is 1.44. The summed E-state index contributed by atoms with van der Waals surface area (Å²) < 4.78 is 0.990. The normalized spacial score (nSPS) is 10.5. The van der Waals surface area contributed by atoms with Crippen LogP contribution in [-0.4, -0.2) is 20.0 Å². The minimum Gasteiger partial charge on any atom is -0.507 e. The van der Waals surface area contributed by atoms with E-state index in [9.17, 15) is 10.3 Å². The van der Waals surface area contributed by atoms with Crippen LogP contribution >= 0.6 is 0 Å². The topological polar surface area (TPSA) is 58.3 Å². The third-order valence-corrected chi connectivity index (χ3v) is 2.46. The molecule has 0 atom stereocenters. The van der Waals surface area contributed by atoms with Crippen LogP contribution in [0.5, 0.6) is 5.75 Å². The van der Waals surface area contributed by atoms with Gasteiger partial charge in [0.05, 0.1) is 17.0 Å². The Morgan fingerprint density at radius 1 is 1.20 bits per heavy atom. The second-order valence-electron chi connectivity index (χ2n) is 3.44. The largest absolute Gasteiger partial charge is 0.507 e. The number of phenols is 1. The molecule has 0 bridgehead atoms. The number of para-hydroxylation sites is 1. The number of benzene rings is 1. The number of hydrogen-bond donors (Lipinski definition) is 2. The molecule has 0 saturated carbocycles. The van der Waals surface area contributed by atoms with Gasteiger partial charge in [-0.05, 0) is 26.0 Å². The standard InChI is InChI=1S/C11H12N2O2/c1-7-8(2)13(15)11(12-7)9-5-3-4-6-10(9)14/h3-6,14-15H,1-2H3. The molecule has 15 heavy (non-hydrogen) atoms. The van der Waals surface area contributed by atoms with E-state index in [0.717, 1.165) is 10.4 Å². The molecule has 1 heterocycles. The van der Waals surface area contributed by atoms with E-state index in [1.807, 2.05) is 6.92 Å². The maximum Gasteiger partial charge on any atom is 0.179 e. The molecule has 2 rings (SSSR count). The first-order chi connectivity index (χ1) is 7.11. The number of aromatic nitrogens is 2. The Labute approximate surface area is 87.4 Å².